The molecule has 0 saturated carbocycles. The summed E-state index contributed by atoms with van der Waals surface area (Å²) in [6.45, 7) is 6.56. The van der Waals surface area contributed by atoms with Crippen molar-refractivity contribution in [2.45, 2.75) is 51.9 Å². The summed E-state index contributed by atoms with van der Waals surface area (Å²) < 4.78 is 0. The number of rotatable bonds is 8. The third-order valence-electron chi connectivity index (χ3n) is 3.97. The lowest BCUT2D eigenvalue weighted by Crippen LogP contribution is -2.32. The molecule has 0 aliphatic carbocycles. The van der Waals surface area contributed by atoms with Crippen molar-refractivity contribution in [3.63, 3.8) is 0 Å². The van der Waals surface area contributed by atoms with E-state index < -0.39 is 0 Å². The summed E-state index contributed by atoms with van der Waals surface area (Å²) in [5.74, 6) is -0.0776. The molecule has 114 valence electrons. The van der Waals surface area contributed by atoms with E-state index >= 15 is 0 Å². The van der Waals surface area contributed by atoms with Gasteiger partial charge in [0.25, 0.3) is 5.91 Å². The third kappa shape index (κ3) is 4.62. The van der Waals surface area contributed by atoms with E-state index in [2.05, 4.69) is 43.2 Å². The average molecular weight is 286 g/mol. The Labute approximate surface area is 128 Å². The summed E-state index contributed by atoms with van der Waals surface area (Å²) >= 11 is 0. The Balaban J connectivity index is 1.75. The molecule has 3 nitrogen and oxygen atoms in total. The molecule has 1 N–H and O–H groups in total. The number of hydrogen-bond acceptors (Lipinski definition) is 2. The molecule has 0 unspecified atom stereocenters. The first kappa shape index (κ1) is 15.6. The maximum absolute atomic E-state index is 11.4. The van der Waals surface area contributed by atoms with Gasteiger partial charge in [-0.2, -0.15) is 0 Å². The van der Waals surface area contributed by atoms with Gasteiger partial charge in [-0.1, -0.05) is 57.7 Å². The highest BCUT2D eigenvalue weighted by Crippen LogP contribution is 2.19. The molecule has 2 rings (SSSR count). The molecule has 1 aliphatic rings. The second kappa shape index (κ2) is 7.87. The maximum Gasteiger partial charge on any atom is 0.267 e. The minimum Gasteiger partial charge on any atom is -0.281 e. The molecule has 1 amide bonds. The molecule has 0 aromatic heterocycles. The van der Waals surface area contributed by atoms with Gasteiger partial charge in [0.1, 0.15) is 0 Å². The number of hydrazine groups is 1. The molecule has 1 saturated heterocycles. The van der Waals surface area contributed by atoms with Crippen molar-refractivity contribution in [2.24, 2.45) is 0 Å². The van der Waals surface area contributed by atoms with Crippen LogP contribution >= 0.6 is 0 Å². The second-order valence-corrected chi connectivity index (χ2v) is 5.81. The first-order valence-electron chi connectivity index (χ1n) is 8.06. The zero-order valence-electron chi connectivity index (χ0n) is 13.0. The van der Waals surface area contributed by atoms with E-state index in [0.29, 0.717) is 12.1 Å². The minimum atomic E-state index is -0.0776. The molecular formula is C18H26N2O. The van der Waals surface area contributed by atoms with Gasteiger partial charge in [-0.25, -0.2) is 0 Å². The average Bonchev–Trinajstić information content (AvgIpc) is 2.83. The van der Waals surface area contributed by atoms with Crippen LogP contribution in [0.5, 0.6) is 0 Å². The first-order chi connectivity index (χ1) is 10.2. The summed E-state index contributed by atoms with van der Waals surface area (Å²) in [5, 5.41) is 1.85. The van der Waals surface area contributed by atoms with Gasteiger partial charge in [-0.15, -0.1) is 0 Å². The molecule has 0 radical (unpaired) electrons. The fraction of sp³-hybridized carbons (Fsp3) is 0.500. The lowest BCUT2D eigenvalue weighted by atomic mass is 10.0. The van der Waals surface area contributed by atoms with Crippen LogP contribution in [0, 0.1) is 0 Å². The van der Waals surface area contributed by atoms with E-state index in [-0.39, 0.29) is 5.91 Å². The third-order valence-corrected chi connectivity index (χ3v) is 3.97. The molecule has 21 heavy (non-hydrogen) atoms. The van der Waals surface area contributed by atoms with Gasteiger partial charge in [0, 0.05) is 5.57 Å². The number of hydrogen-bond donors (Lipinski definition) is 1. The number of aryl methyl sites for hydroxylation is 1. The van der Waals surface area contributed by atoms with Crippen molar-refractivity contribution in [1.82, 2.24) is 5.43 Å². The number of amides is 1. The summed E-state index contributed by atoms with van der Waals surface area (Å²) in [6.07, 6.45) is 9.12. The molecular weight excluding hydrogens is 260 g/mol. The minimum absolute atomic E-state index is 0.0776. The van der Waals surface area contributed by atoms with Crippen LogP contribution in [0.4, 0.5) is 5.69 Å². The van der Waals surface area contributed by atoms with Gasteiger partial charge in [-0.3, -0.25) is 15.2 Å². The first-order valence-corrected chi connectivity index (χ1v) is 8.06. The summed E-state index contributed by atoms with van der Waals surface area (Å²) in [7, 11) is 0. The molecule has 1 heterocycles. The Morgan fingerprint density at radius 1 is 1.10 bits per heavy atom. The van der Waals surface area contributed by atoms with Gasteiger partial charge in [0.05, 0.1) is 12.2 Å². The number of unbranched alkanes of at least 4 members (excludes halogenated alkanes) is 5. The van der Waals surface area contributed by atoms with Gasteiger partial charge < -0.3 is 0 Å². The molecule has 1 fully saturated rings. The highest BCUT2D eigenvalue weighted by atomic mass is 16.2. The number of anilines is 1. The number of nitrogens with zero attached hydrogens (tertiary/aromatic N) is 1. The Morgan fingerprint density at radius 3 is 2.38 bits per heavy atom. The molecule has 1 aliphatic heterocycles. The topological polar surface area (TPSA) is 32.3 Å². The smallest absolute Gasteiger partial charge is 0.267 e. The van der Waals surface area contributed by atoms with Crippen LogP contribution in [0.15, 0.2) is 36.4 Å². The lowest BCUT2D eigenvalue weighted by Gasteiger charge is -2.17. The molecule has 3 heteroatoms. The van der Waals surface area contributed by atoms with Gasteiger partial charge in [-0.05, 0) is 30.5 Å². The lowest BCUT2D eigenvalue weighted by molar-refractivity contribution is -0.116. The normalized spacial score (nSPS) is 14.6. The van der Waals surface area contributed by atoms with Crippen LogP contribution < -0.4 is 10.4 Å². The van der Waals surface area contributed by atoms with E-state index in [1.54, 1.807) is 0 Å². The van der Waals surface area contributed by atoms with Crippen LogP contribution in [-0.2, 0) is 11.2 Å². The molecule has 0 atom stereocenters. The molecule has 0 bridgehead atoms. The van der Waals surface area contributed by atoms with Crippen molar-refractivity contribution >= 4 is 11.6 Å². The fourth-order valence-corrected chi connectivity index (χ4v) is 2.61. The standard InChI is InChI=1S/C18H26N2O/c1-3-4-5-6-7-8-9-16-10-12-17(13-11-16)20-14-15(2)18(21)19-20/h10-13H,2-9,14H2,1H3,(H,19,21). The largest absolute Gasteiger partial charge is 0.281 e. The highest BCUT2D eigenvalue weighted by molar-refractivity contribution is 5.97. The predicted molar refractivity (Wildman–Crippen MR) is 88.2 cm³/mol. The Bertz CT molecular complexity index is 462. The van der Waals surface area contributed by atoms with Gasteiger partial charge in [0.15, 0.2) is 0 Å². The van der Waals surface area contributed by atoms with E-state index in [9.17, 15) is 4.79 Å². The van der Waals surface area contributed by atoms with Gasteiger partial charge in [0.2, 0.25) is 0 Å². The molecule has 0 spiro atoms. The second-order valence-electron chi connectivity index (χ2n) is 5.81. The fourth-order valence-electron chi connectivity index (χ4n) is 2.61. The summed E-state index contributed by atoms with van der Waals surface area (Å²) in [4.78, 5) is 11.4. The summed E-state index contributed by atoms with van der Waals surface area (Å²) in [5.41, 5.74) is 5.82. The Kier molecular flexibility index (Phi) is 5.85. The van der Waals surface area contributed by atoms with Crippen molar-refractivity contribution in [3.05, 3.63) is 42.0 Å². The van der Waals surface area contributed by atoms with Crippen molar-refractivity contribution in [3.8, 4) is 0 Å². The Morgan fingerprint density at radius 2 is 1.76 bits per heavy atom. The van der Waals surface area contributed by atoms with Gasteiger partial charge >= 0.3 is 0 Å². The maximum atomic E-state index is 11.4. The zero-order chi connectivity index (χ0) is 15.1. The molecule has 1 aromatic carbocycles. The van der Waals surface area contributed by atoms with Crippen molar-refractivity contribution in [2.75, 3.05) is 11.6 Å². The zero-order valence-corrected chi connectivity index (χ0v) is 13.0. The number of carbonyl (C=O) groups is 1. The quantitative estimate of drug-likeness (QED) is 0.579. The SMILES string of the molecule is C=C1CN(c2ccc(CCCCCCCC)cc2)NC1=O. The monoisotopic (exact) mass is 286 g/mol. The van der Waals surface area contributed by atoms with E-state index in [4.69, 9.17) is 0 Å². The van der Waals surface area contributed by atoms with E-state index in [1.165, 1.54) is 44.1 Å². The number of nitrogens with one attached hydrogen (secondary N) is 1. The molecule has 1 aromatic rings. The van der Waals surface area contributed by atoms with Crippen LogP contribution in [0.3, 0.4) is 0 Å². The van der Waals surface area contributed by atoms with Crippen LogP contribution in [0.25, 0.3) is 0 Å². The van der Waals surface area contributed by atoms with Crippen molar-refractivity contribution < 1.29 is 4.79 Å². The summed E-state index contributed by atoms with van der Waals surface area (Å²) in [6, 6.07) is 8.47. The number of benzene rings is 1. The van der Waals surface area contributed by atoms with E-state index in [0.717, 1.165) is 12.1 Å². The van der Waals surface area contributed by atoms with Crippen molar-refractivity contribution in [1.29, 1.82) is 0 Å². The highest BCUT2D eigenvalue weighted by Gasteiger charge is 2.22. The predicted octanol–water partition coefficient (Wildman–Crippen LogP) is 4.00. The number of carbonyl (C=O) groups excluding carboxylic acids is 1. The van der Waals surface area contributed by atoms with Crippen LogP contribution in [-0.4, -0.2) is 12.5 Å². The Hall–Kier alpha value is -1.77. The van der Waals surface area contributed by atoms with Crippen LogP contribution in [0.1, 0.15) is 51.0 Å². The van der Waals surface area contributed by atoms with Crippen LogP contribution in [0.2, 0.25) is 0 Å². The van der Waals surface area contributed by atoms with E-state index in [1.807, 2.05) is 5.01 Å².